The zero-order valence-electron chi connectivity index (χ0n) is 10.9. The van der Waals surface area contributed by atoms with E-state index in [2.05, 4.69) is 21.2 Å². The van der Waals surface area contributed by atoms with Gasteiger partial charge in [0.2, 0.25) is 0 Å². The molecule has 21 heavy (non-hydrogen) atoms. The smallest absolute Gasteiger partial charge is 0.255 e. The van der Waals surface area contributed by atoms with Gasteiger partial charge >= 0.3 is 0 Å². The summed E-state index contributed by atoms with van der Waals surface area (Å²) in [7, 11) is 1.52. The second kappa shape index (κ2) is 6.56. The van der Waals surface area contributed by atoms with Gasteiger partial charge in [0.15, 0.2) is 0 Å². The lowest BCUT2D eigenvalue weighted by atomic mass is 10.2. The molecule has 0 bridgehead atoms. The number of carbonyl (C=O) groups is 1. The topological polar surface area (TPSA) is 64.3 Å². The summed E-state index contributed by atoms with van der Waals surface area (Å²) in [6.07, 6.45) is 0. The molecule has 1 amide bonds. The summed E-state index contributed by atoms with van der Waals surface area (Å²) in [5.41, 5.74) is 6.73. The highest BCUT2D eigenvalue weighted by atomic mass is 79.9. The number of rotatable bonds is 3. The molecule has 2 aromatic carbocycles. The number of nitrogen functional groups attached to an aromatic ring is 1. The summed E-state index contributed by atoms with van der Waals surface area (Å²) >= 11 is 15.2. The van der Waals surface area contributed by atoms with Gasteiger partial charge in [-0.25, -0.2) is 0 Å². The Hall–Kier alpha value is -1.43. The number of hydrogen-bond donors (Lipinski definition) is 2. The number of methoxy groups -OCH3 is 1. The minimum atomic E-state index is -0.366. The van der Waals surface area contributed by atoms with Crippen molar-refractivity contribution >= 4 is 56.4 Å². The van der Waals surface area contributed by atoms with Crippen molar-refractivity contribution in [1.82, 2.24) is 0 Å². The van der Waals surface area contributed by atoms with E-state index in [0.717, 1.165) is 4.47 Å². The average molecular weight is 390 g/mol. The summed E-state index contributed by atoms with van der Waals surface area (Å²) in [5.74, 6) is 0.175. The van der Waals surface area contributed by atoms with E-state index in [1.807, 2.05) is 6.07 Å². The molecule has 0 aromatic heterocycles. The number of ether oxygens (including phenoxy) is 1. The fourth-order valence-electron chi connectivity index (χ4n) is 1.69. The lowest BCUT2D eigenvalue weighted by molar-refractivity contribution is 0.102. The van der Waals surface area contributed by atoms with Gasteiger partial charge in [0, 0.05) is 10.0 Å². The van der Waals surface area contributed by atoms with Crippen LogP contribution in [0.15, 0.2) is 34.8 Å². The molecule has 110 valence electrons. The molecule has 7 heteroatoms. The highest BCUT2D eigenvalue weighted by Crippen LogP contribution is 2.31. The Labute approximate surface area is 140 Å². The SMILES string of the molecule is COc1ccc(Br)cc1NC(=O)c1cc(Cl)c(N)c(Cl)c1. The molecule has 0 aliphatic heterocycles. The van der Waals surface area contributed by atoms with Gasteiger partial charge in [-0.05, 0) is 30.3 Å². The molecule has 2 aromatic rings. The van der Waals surface area contributed by atoms with Crippen LogP contribution in [-0.2, 0) is 0 Å². The molecular weight excluding hydrogens is 379 g/mol. The van der Waals surface area contributed by atoms with E-state index in [9.17, 15) is 4.79 Å². The van der Waals surface area contributed by atoms with Crippen LogP contribution in [0, 0.1) is 0 Å². The van der Waals surface area contributed by atoms with Gasteiger partial charge in [0.1, 0.15) is 5.75 Å². The Morgan fingerprint density at radius 3 is 2.43 bits per heavy atom. The van der Waals surface area contributed by atoms with Crippen LogP contribution in [0.1, 0.15) is 10.4 Å². The number of benzene rings is 2. The van der Waals surface area contributed by atoms with E-state index in [4.69, 9.17) is 33.7 Å². The molecule has 0 spiro atoms. The van der Waals surface area contributed by atoms with Crippen LogP contribution < -0.4 is 15.8 Å². The minimum Gasteiger partial charge on any atom is -0.495 e. The molecule has 0 saturated carbocycles. The molecule has 2 rings (SSSR count). The fraction of sp³-hybridized carbons (Fsp3) is 0.0714. The number of nitrogens with one attached hydrogen (secondary N) is 1. The quantitative estimate of drug-likeness (QED) is 0.754. The van der Waals surface area contributed by atoms with Gasteiger partial charge in [-0.1, -0.05) is 39.1 Å². The zero-order valence-corrected chi connectivity index (χ0v) is 14.0. The Bertz CT molecular complexity index is 684. The summed E-state index contributed by atoms with van der Waals surface area (Å²) in [6, 6.07) is 8.20. The molecule has 0 aliphatic rings. The van der Waals surface area contributed by atoms with Gasteiger partial charge < -0.3 is 15.8 Å². The Balaban J connectivity index is 2.32. The summed E-state index contributed by atoms with van der Waals surface area (Å²) in [5, 5.41) is 3.20. The van der Waals surface area contributed by atoms with Gasteiger partial charge in [0.25, 0.3) is 5.91 Å². The lowest BCUT2D eigenvalue weighted by Crippen LogP contribution is -2.13. The molecule has 0 fully saturated rings. The largest absolute Gasteiger partial charge is 0.495 e. The second-order valence-electron chi connectivity index (χ2n) is 4.15. The van der Waals surface area contributed by atoms with Crippen molar-refractivity contribution in [3.63, 3.8) is 0 Å². The zero-order chi connectivity index (χ0) is 15.6. The first-order valence-electron chi connectivity index (χ1n) is 5.81. The van der Waals surface area contributed by atoms with Crippen LogP contribution in [0.5, 0.6) is 5.75 Å². The Morgan fingerprint density at radius 2 is 1.86 bits per heavy atom. The van der Waals surface area contributed by atoms with Crippen LogP contribution >= 0.6 is 39.1 Å². The minimum absolute atomic E-state index is 0.230. The number of hydrogen-bond acceptors (Lipinski definition) is 3. The molecule has 0 heterocycles. The van der Waals surface area contributed by atoms with Crippen molar-refractivity contribution in [2.24, 2.45) is 0 Å². The van der Waals surface area contributed by atoms with Gasteiger partial charge in [0.05, 0.1) is 28.5 Å². The number of carbonyl (C=O) groups excluding carboxylic acids is 1. The third-order valence-corrected chi connectivity index (χ3v) is 3.87. The Kier molecular flexibility index (Phi) is 4.98. The normalized spacial score (nSPS) is 10.3. The molecule has 0 unspecified atom stereocenters. The van der Waals surface area contributed by atoms with Crippen LogP contribution in [-0.4, -0.2) is 13.0 Å². The summed E-state index contributed by atoms with van der Waals surface area (Å²) < 4.78 is 6.01. The average Bonchev–Trinajstić information content (AvgIpc) is 2.44. The molecule has 0 aliphatic carbocycles. The summed E-state index contributed by atoms with van der Waals surface area (Å²) in [4.78, 5) is 12.3. The van der Waals surface area contributed by atoms with Crippen molar-refractivity contribution in [2.45, 2.75) is 0 Å². The lowest BCUT2D eigenvalue weighted by Gasteiger charge is -2.11. The van der Waals surface area contributed by atoms with E-state index < -0.39 is 0 Å². The third kappa shape index (κ3) is 3.61. The fourth-order valence-corrected chi connectivity index (χ4v) is 2.54. The van der Waals surface area contributed by atoms with Crippen molar-refractivity contribution in [1.29, 1.82) is 0 Å². The molecule has 3 N–H and O–H groups in total. The van der Waals surface area contributed by atoms with Crippen molar-refractivity contribution in [2.75, 3.05) is 18.2 Å². The van der Waals surface area contributed by atoms with Gasteiger partial charge in [-0.2, -0.15) is 0 Å². The van der Waals surface area contributed by atoms with Gasteiger partial charge in [-0.15, -0.1) is 0 Å². The van der Waals surface area contributed by atoms with Crippen LogP contribution in [0.2, 0.25) is 10.0 Å². The maximum atomic E-state index is 12.3. The molecule has 0 saturated heterocycles. The van der Waals surface area contributed by atoms with E-state index in [1.54, 1.807) is 12.1 Å². The maximum Gasteiger partial charge on any atom is 0.255 e. The second-order valence-corrected chi connectivity index (χ2v) is 5.88. The predicted octanol–water partition coefficient (Wildman–Crippen LogP) is 4.60. The van der Waals surface area contributed by atoms with Crippen LogP contribution in [0.4, 0.5) is 11.4 Å². The van der Waals surface area contributed by atoms with E-state index in [-0.39, 0.29) is 21.6 Å². The third-order valence-electron chi connectivity index (χ3n) is 2.75. The van der Waals surface area contributed by atoms with Crippen LogP contribution in [0.25, 0.3) is 0 Å². The highest BCUT2D eigenvalue weighted by Gasteiger charge is 2.13. The molecule has 4 nitrogen and oxygen atoms in total. The monoisotopic (exact) mass is 388 g/mol. The number of halogens is 3. The van der Waals surface area contributed by atoms with Crippen molar-refractivity contribution in [3.05, 3.63) is 50.4 Å². The molecule has 0 radical (unpaired) electrons. The maximum absolute atomic E-state index is 12.3. The first-order valence-corrected chi connectivity index (χ1v) is 7.36. The standard InChI is InChI=1S/C14H11BrCl2N2O2/c1-21-12-3-2-8(15)6-11(12)19-14(20)7-4-9(16)13(18)10(17)5-7/h2-6H,18H2,1H3,(H,19,20). The van der Waals surface area contributed by atoms with E-state index in [1.165, 1.54) is 19.2 Å². The first-order chi connectivity index (χ1) is 9.92. The first kappa shape index (κ1) is 15.9. The molecule has 0 atom stereocenters. The molecular formula is C14H11BrCl2N2O2. The highest BCUT2D eigenvalue weighted by molar-refractivity contribution is 9.10. The van der Waals surface area contributed by atoms with Crippen molar-refractivity contribution < 1.29 is 9.53 Å². The van der Waals surface area contributed by atoms with E-state index >= 15 is 0 Å². The van der Waals surface area contributed by atoms with E-state index in [0.29, 0.717) is 17.0 Å². The Morgan fingerprint density at radius 1 is 1.24 bits per heavy atom. The van der Waals surface area contributed by atoms with Crippen molar-refractivity contribution in [3.8, 4) is 5.75 Å². The summed E-state index contributed by atoms with van der Waals surface area (Å²) in [6.45, 7) is 0. The number of anilines is 2. The number of amides is 1. The van der Waals surface area contributed by atoms with Crippen LogP contribution in [0.3, 0.4) is 0 Å². The number of nitrogens with two attached hydrogens (primary N) is 1. The predicted molar refractivity (Wildman–Crippen MR) is 89.5 cm³/mol. The van der Waals surface area contributed by atoms with Gasteiger partial charge in [-0.3, -0.25) is 4.79 Å².